The molecule has 0 unspecified atom stereocenters. The summed E-state index contributed by atoms with van der Waals surface area (Å²) in [6.07, 6.45) is 0.786. The van der Waals surface area contributed by atoms with E-state index in [0.717, 1.165) is 35.6 Å². The molecule has 1 heterocycles. The molecule has 32 heavy (non-hydrogen) atoms. The van der Waals surface area contributed by atoms with Crippen LogP contribution in [-0.2, 0) is 13.0 Å². The Labute approximate surface area is 188 Å². The van der Waals surface area contributed by atoms with E-state index in [1.54, 1.807) is 0 Å². The summed E-state index contributed by atoms with van der Waals surface area (Å²) in [5.41, 5.74) is 7.13. The Hall–Kier alpha value is -3.85. The molecule has 0 saturated heterocycles. The second-order valence-electron chi connectivity index (χ2n) is 8.07. The van der Waals surface area contributed by atoms with Gasteiger partial charge in [-0.3, -0.25) is 0 Å². The number of nitrogens with zero attached hydrogens (tertiary/aromatic N) is 2. The van der Waals surface area contributed by atoms with Crippen molar-refractivity contribution in [1.82, 2.24) is 9.55 Å². The van der Waals surface area contributed by atoms with Crippen LogP contribution in [0.4, 0.5) is 0 Å². The van der Waals surface area contributed by atoms with E-state index in [1.165, 1.54) is 22.3 Å². The highest BCUT2D eigenvalue weighted by Gasteiger charge is 2.11. The van der Waals surface area contributed by atoms with E-state index in [2.05, 4.69) is 90.4 Å². The molecule has 0 aliphatic carbocycles. The smallest absolute Gasteiger partial charge is 0.119 e. The molecule has 5 aromatic rings. The van der Waals surface area contributed by atoms with E-state index in [-0.39, 0.29) is 0 Å². The molecule has 0 amide bonds. The minimum atomic E-state index is 0.601. The lowest BCUT2D eigenvalue weighted by Crippen LogP contribution is -2.11. The fraction of sp³-hybridized carbons (Fsp3) is 0.138. The molecule has 4 aromatic carbocycles. The Morgan fingerprint density at radius 2 is 1.41 bits per heavy atom. The fourth-order valence-corrected chi connectivity index (χ4v) is 4.03. The molecule has 1 aromatic heterocycles. The van der Waals surface area contributed by atoms with E-state index < -0.39 is 0 Å². The van der Waals surface area contributed by atoms with Gasteiger partial charge in [0.15, 0.2) is 0 Å². The third kappa shape index (κ3) is 4.42. The number of para-hydroxylation sites is 2. The van der Waals surface area contributed by atoms with Crippen molar-refractivity contribution < 1.29 is 4.74 Å². The van der Waals surface area contributed by atoms with Gasteiger partial charge in [0.05, 0.1) is 17.6 Å². The minimum absolute atomic E-state index is 0.601. The van der Waals surface area contributed by atoms with Gasteiger partial charge in [-0.2, -0.15) is 0 Å². The zero-order valence-electron chi connectivity index (χ0n) is 18.2. The van der Waals surface area contributed by atoms with Crippen LogP contribution in [0.2, 0.25) is 0 Å². The van der Waals surface area contributed by atoms with Crippen LogP contribution < -0.4 is 4.74 Å². The normalized spacial score (nSPS) is 11.0. The average Bonchev–Trinajstić information content (AvgIpc) is 3.18. The lowest BCUT2D eigenvalue weighted by atomic mass is 10.0. The second-order valence-corrected chi connectivity index (χ2v) is 8.07. The summed E-state index contributed by atoms with van der Waals surface area (Å²) in [6.45, 7) is 3.44. The molecule has 0 atom stereocenters. The van der Waals surface area contributed by atoms with Crippen LogP contribution in [0, 0.1) is 6.92 Å². The summed E-state index contributed by atoms with van der Waals surface area (Å²) in [4.78, 5) is 4.93. The number of benzene rings is 4. The highest BCUT2D eigenvalue weighted by atomic mass is 16.5. The summed E-state index contributed by atoms with van der Waals surface area (Å²) in [5.74, 6) is 1.96. The van der Waals surface area contributed by atoms with Gasteiger partial charge >= 0.3 is 0 Å². The van der Waals surface area contributed by atoms with Gasteiger partial charge in [-0.05, 0) is 47.9 Å². The Morgan fingerprint density at radius 1 is 0.719 bits per heavy atom. The van der Waals surface area contributed by atoms with Crippen molar-refractivity contribution in [2.75, 3.05) is 6.61 Å². The first-order chi connectivity index (χ1) is 15.8. The molecule has 0 radical (unpaired) electrons. The van der Waals surface area contributed by atoms with E-state index in [9.17, 15) is 0 Å². The Bertz CT molecular complexity index is 1300. The maximum Gasteiger partial charge on any atom is 0.119 e. The van der Waals surface area contributed by atoms with E-state index in [0.29, 0.717) is 6.61 Å². The van der Waals surface area contributed by atoms with Gasteiger partial charge in [0.1, 0.15) is 18.2 Å². The van der Waals surface area contributed by atoms with Gasteiger partial charge in [-0.1, -0.05) is 84.4 Å². The van der Waals surface area contributed by atoms with Crippen LogP contribution in [0.3, 0.4) is 0 Å². The van der Waals surface area contributed by atoms with Gasteiger partial charge < -0.3 is 9.30 Å². The van der Waals surface area contributed by atoms with Crippen LogP contribution in [-0.4, -0.2) is 16.2 Å². The minimum Gasteiger partial charge on any atom is -0.492 e. The zero-order chi connectivity index (χ0) is 21.8. The molecule has 0 N–H and O–H groups in total. The van der Waals surface area contributed by atoms with Gasteiger partial charge in [0, 0.05) is 6.42 Å². The molecular formula is C29H26N2O. The molecule has 5 rings (SSSR count). The molecule has 0 fully saturated rings. The standard InChI is InChI=1S/C29H26N2O/c1-22-11-17-26(18-12-22)32-20-19-31-28-10-6-5-9-27(28)30-29(31)21-23-13-15-25(16-14-23)24-7-3-2-4-8-24/h2-18H,19-21H2,1H3. The zero-order valence-corrected chi connectivity index (χ0v) is 18.2. The van der Waals surface area contributed by atoms with Crippen molar-refractivity contribution in [3.05, 3.63) is 120 Å². The molecule has 158 valence electrons. The van der Waals surface area contributed by atoms with Gasteiger partial charge in [-0.15, -0.1) is 0 Å². The highest BCUT2D eigenvalue weighted by molar-refractivity contribution is 5.76. The van der Waals surface area contributed by atoms with E-state index in [4.69, 9.17) is 9.72 Å². The number of rotatable bonds is 7. The van der Waals surface area contributed by atoms with Crippen molar-refractivity contribution in [3.63, 3.8) is 0 Å². The van der Waals surface area contributed by atoms with Crippen molar-refractivity contribution in [3.8, 4) is 16.9 Å². The number of ether oxygens (including phenoxy) is 1. The van der Waals surface area contributed by atoms with E-state index >= 15 is 0 Å². The van der Waals surface area contributed by atoms with Crippen LogP contribution in [0.15, 0.2) is 103 Å². The summed E-state index contributed by atoms with van der Waals surface area (Å²) >= 11 is 0. The quantitative estimate of drug-likeness (QED) is 0.295. The number of hydrogen-bond donors (Lipinski definition) is 0. The predicted octanol–water partition coefficient (Wildman–Crippen LogP) is 6.68. The van der Waals surface area contributed by atoms with Gasteiger partial charge in [0.2, 0.25) is 0 Å². The van der Waals surface area contributed by atoms with Gasteiger partial charge in [-0.25, -0.2) is 4.98 Å². The summed E-state index contributed by atoms with van der Waals surface area (Å²) in [5, 5.41) is 0. The number of aryl methyl sites for hydroxylation is 1. The molecule has 0 aliphatic rings. The Kier molecular flexibility index (Phi) is 5.71. The first-order valence-corrected chi connectivity index (χ1v) is 11.0. The van der Waals surface area contributed by atoms with Crippen LogP contribution in [0.1, 0.15) is 17.0 Å². The van der Waals surface area contributed by atoms with Crippen molar-refractivity contribution >= 4 is 11.0 Å². The molecule has 3 heteroatoms. The molecule has 0 aliphatic heterocycles. The third-order valence-electron chi connectivity index (χ3n) is 5.76. The molecule has 0 saturated carbocycles. The summed E-state index contributed by atoms with van der Waals surface area (Å²) < 4.78 is 8.29. The number of hydrogen-bond acceptors (Lipinski definition) is 2. The van der Waals surface area contributed by atoms with Crippen LogP contribution in [0.5, 0.6) is 5.75 Å². The number of fused-ring (bicyclic) bond motifs is 1. The van der Waals surface area contributed by atoms with Crippen molar-refractivity contribution in [2.24, 2.45) is 0 Å². The summed E-state index contributed by atoms with van der Waals surface area (Å²) in [7, 11) is 0. The largest absolute Gasteiger partial charge is 0.492 e. The molecular weight excluding hydrogens is 392 g/mol. The SMILES string of the molecule is Cc1ccc(OCCn2c(Cc3ccc(-c4ccccc4)cc3)nc3ccccc32)cc1. The molecule has 0 spiro atoms. The lowest BCUT2D eigenvalue weighted by molar-refractivity contribution is 0.298. The number of aromatic nitrogens is 2. The Morgan fingerprint density at radius 3 is 2.19 bits per heavy atom. The second kappa shape index (κ2) is 9.11. The topological polar surface area (TPSA) is 27.1 Å². The predicted molar refractivity (Wildman–Crippen MR) is 131 cm³/mol. The maximum atomic E-state index is 6.00. The highest BCUT2D eigenvalue weighted by Crippen LogP contribution is 2.22. The first-order valence-electron chi connectivity index (χ1n) is 11.0. The monoisotopic (exact) mass is 418 g/mol. The summed E-state index contributed by atoms with van der Waals surface area (Å²) in [6, 6.07) is 35.8. The van der Waals surface area contributed by atoms with Gasteiger partial charge in [0.25, 0.3) is 0 Å². The fourth-order valence-electron chi connectivity index (χ4n) is 4.03. The molecule has 3 nitrogen and oxygen atoms in total. The average molecular weight is 419 g/mol. The molecule has 0 bridgehead atoms. The lowest BCUT2D eigenvalue weighted by Gasteiger charge is -2.11. The van der Waals surface area contributed by atoms with E-state index in [1.807, 2.05) is 24.3 Å². The Balaban J connectivity index is 1.36. The first kappa shape index (κ1) is 20.1. The van der Waals surface area contributed by atoms with Crippen LogP contribution >= 0.6 is 0 Å². The maximum absolute atomic E-state index is 6.00. The third-order valence-corrected chi connectivity index (χ3v) is 5.76. The van der Waals surface area contributed by atoms with Crippen molar-refractivity contribution in [1.29, 1.82) is 0 Å². The number of imidazole rings is 1. The van der Waals surface area contributed by atoms with Crippen molar-refractivity contribution in [2.45, 2.75) is 19.9 Å². The van der Waals surface area contributed by atoms with Crippen LogP contribution in [0.25, 0.3) is 22.2 Å².